The van der Waals surface area contributed by atoms with Crippen LogP contribution in [0.4, 0.5) is 5.69 Å². The average molecular weight is 270 g/mol. The summed E-state index contributed by atoms with van der Waals surface area (Å²) in [5, 5.41) is 13.7. The van der Waals surface area contributed by atoms with Gasteiger partial charge in [-0.25, -0.2) is 4.98 Å². The second-order valence-corrected chi connectivity index (χ2v) is 5.48. The van der Waals surface area contributed by atoms with Crippen molar-refractivity contribution in [2.45, 2.75) is 6.92 Å². The predicted octanol–water partition coefficient (Wildman–Crippen LogP) is 4.02. The largest absolute Gasteiger partial charge is 0.508 e. The van der Waals surface area contributed by atoms with E-state index in [0.29, 0.717) is 5.75 Å². The van der Waals surface area contributed by atoms with Gasteiger partial charge >= 0.3 is 0 Å². The van der Waals surface area contributed by atoms with Crippen molar-refractivity contribution in [3.8, 4) is 16.3 Å². The lowest BCUT2D eigenvalue weighted by molar-refractivity contribution is 0.471. The Balaban J connectivity index is 2.11. The molecule has 0 radical (unpaired) electrons. The number of benzene rings is 2. The monoisotopic (exact) mass is 270 g/mol. The Morgan fingerprint density at radius 1 is 1.16 bits per heavy atom. The lowest BCUT2D eigenvalue weighted by Gasteiger charge is -2.00. The number of nitrogens with one attached hydrogen (secondary N) is 1. The van der Waals surface area contributed by atoms with Crippen LogP contribution in [0.3, 0.4) is 0 Å². The summed E-state index contributed by atoms with van der Waals surface area (Å²) < 4.78 is 1.16. The summed E-state index contributed by atoms with van der Waals surface area (Å²) >= 11 is 1.66. The molecule has 0 atom stereocenters. The van der Waals surface area contributed by atoms with Crippen LogP contribution in [0.15, 0.2) is 36.4 Å². The maximum absolute atomic E-state index is 9.57. The first-order valence-electron chi connectivity index (χ1n) is 6.06. The molecular formula is C15H14N2OS. The molecule has 2 N–H and O–H groups in total. The Hall–Kier alpha value is -2.07. The summed E-state index contributed by atoms with van der Waals surface area (Å²) in [6, 6.07) is 11.7. The van der Waals surface area contributed by atoms with Crippen LogP contribution in [0.2, 0.25) is 0 Å². The van der Waals surface area contributed by atoms with Crippen LogP contribution in [-0.2, 0) is 0 Å². The molecule has 4 heteroatoms. The molecule has 0 bridgehead atoms. The Morgan fingerprint density at radius 2 is 2.00 bits per heavy atom. The number of hydrogen-bond acceptors (Lipinski definition) is 4. The van der Waals surface area contributed by atoms with Gasteiger partial charge in [0.25, 0.3) is 0 Å². The van der Waals surface area contributed by atoms with Crippen LogP contribution in [-0.4, -0.2) is 17.1 Å². The molecule has 1 heterocycles. The van der Waals surface area contributed by atoms with Gasteiger partial charge < -0.3 is 10.4 Å². The van der Waals surface area contributed by atoms with Gasteiger partial charge in [-0.1, -0.05) is 0 Å². The minimum atomic E-state index is 0.322. The van der Waals surface area contributed by atoms with Crippen LogP contribution < -0.4 is 5.32 Å². The first kappa shape index (κ1) is 12.0. The minimum absolute atomic E-state index is 0.322. The lowest BCUT2D eigenvalue weighted by Crippen LogP contribution is -1.85. The van der Waals surface area contributed by atoms with Crippen LogP contribution in [0.25, 0.3) is 20.8 Å². The number of anilines is 1. The van der Waals surface area contributed by atoms with Crippen molar-refractivity contribution in [2.24, 2.45) is 0 Å². The van der Waals surface area contributed by atoms with Gasteiger partial charge in [-0.3, -0.25) is 0 Å². The zero-order chi connectivity index (χ0) is 13.4. The first-order chi connectivity index (χ1) is 9.17. The number of aromatic hydroxyl groups is 1. The standard InChI is InChI=1S/C15H14N2OS/c1-9-7-10(3-6-13(9)18)15-17-12-5-4-11(16-2)8-14(12)19-15/h3-8,16,18H,1-2H3. The second kappa shape index (κ2) is 4.55. The van der Waals surface area contributed by atoms with Gasteiger partial charge in [0.05, 0.1) is 10.2 Å². The average Bonchev–Trinajstić information content (AvgIpc) is 2.84. The van der Waals surface area contributed by atoms with Gasteiger partial charge in [-0.2, -0.15) is 0 Å². The van der Waals surface area contributed by atoms with E-state index in [1.165, 1.54) is 0 Å². The highest BCUT2D eigenvalue weighted by Crippen LogP contribution is 2.33. The van der Waals surface area contributed by atoms with E-state index in [9.17, 15) is 5.11 Å². The number of nitrogens with zero attached hydrogens (tertiary/aromatic N) is 1. The number of aryl methyl sites for hydroxylation is 1. The normalized spacial score (nSPS) is 10.8. The predicted molar refractivity (Wildman–Crippen MR) is 81.0 cm³/mol. The van der Waals surface area contributed by atoms with E-state index < -0.39 is 0 Å². The molecule has 3 rings (SSSR count). The van der Waals surface area contributed by atoms with E-state index in [1.807, 2.05) is 38.2 Å². The Bertz CT molecular complexity index is 749. The zero-order valence-corrected chi connectivity index (χ0v) is 11.6. The highest BCUT2D eigenvalue weighted by molar-refractivity contribution is 7.21. The molecule has 3 nitrogen and oxygen atoms in total. The smallest absolute Gasteiger partial charge is 0.124 e. The van der Waals surface area contributed by atoms with Crippen molar-refractivity contribution < 1.29 is 5.11 Å². The third-order valence-electron chi connectivity index (χ3n) is 3.12. The number of phenolic OH excluding ortho intramolecular Hbond substituents is 1. The molecule has 0 unspecified atom stereocenters. The van der Waals surface area contributed by atoms with Gasteiger partial charge in [0.1, 0.15) is 10.8 Å². The van der Waals surface area contributed by atoms with E-state index in [0.717, 1.165) is 32.0 Å². The Kier molecular flexibility index (Phi) is 2.87. The minimum Gasteiger partial charge on any atom is -0.508 e. The Labute approximate surface area is 115 Å². The van der Waals surface area contributed by atoms with Crippen LogP contribution in [0, 0.1) is 6.92 Å². The van der Waals surface area contributed by atoms with Gasteiger partial charge in [-0.05, 0) is 48.9 Å². The maximum atomic E-state index is 9.57. The van der Waals surface area contributed by atoms with Crippen molar-refractivity contribution in [3.63, 3.8) is 0 Å². The quantitative estimate of drug-likeness (QED) is 0.739. The summed E-state index contributed by atoms with van der Waals surface area (Å²) in [4.78, 5) is 4.64. The summed E-state index contributed by atoms with van der Waals surface area (Å²) in [7, 11) is 1.91. The molecule has 0 saturated heterocycles. The van der Waals surface area contributed by atoms with E-state index >= 15 is 0 Å². The first-order valence-corrected chi connectivity index (χ1v) is 6.87. The fraction of sp³-hybridized carbons (Fsp3) is 0.133. The number of aromatic nitrogens is 1. The third-order valence-corrected chi connectivity index (χ3v) is 4.19. The topological polar surface area (TPSA) is 45.2 Å². The molecule has 0 fully saturated rings. The molecule has 0 aliphatic rings. The molecule has 2 aromatic carbocycles. The summed E-state index contributed by atoms with van der Waals surface area (Å²) in [5.74, 6) is 0.322. The molecule has 0 aliphatic carbocycles. The molecule has 96 valence electrons. The molecule has 0 amide bonds. The fourth-order valence-corrected chi connectivity index (χ4v) is 2.99. The highest BCUT2D eigenvalue weighted by atomic mass is 32.1. The number of rotatable bonds is 2. The van der Waals surface area contributed by atoms with Crippen molar-refractivity contribution in [2.75, 3.05) is 12.4 Å². The van der Waals surface area contributed by atoms with Gasteiger partial charge in [0.15, 0.2) is 0 Å². The van der Waals surface area contributed by atoms with Crippen molar-refractivity contribution >= 4 is 27.2 Å². The molecule has 0 spiro atoms. The SMILES string of the molecule is CNc1ccc2nc(-c3ccc(O)c(C)c3)sc2c1. The fourth-order valence-electron chi connectivity index (χ4n) is 1.99. The van der Waals surface area contributed by atoms with Crippen LogP contribution in [0.5, 0.6) is 5.75 Å². The van der Waals surface area contributed by atoms with Crippen molar-refractivity contribution in [3.05, 3.63) is 42.0 Å². The third kappa shape index (κ3) is 2.15. The molecule has 3 aromatic rings. The number of phenols is 1. The van der Waals surface area contributed by atoms with Gasteiger partial charge in [-0.15, -0.1) is 11.3 Å². The van der Waals surface area contributed by atoms with Gasteiger partial charge in [0.2, 0.25) is 0 Å². The lowest BCUT2D eigenvalue weighted by atomic mass is 10.1. The van der Waals surface area contributed by atoms with Crippen LogP contribution in [0.1, 0.15) is 5.56 Å². The maximum Gasteiger partial charge on any atom is 0.124 e. The number of hydrogen-bond donors (Lipinski definition) is 2. The van der Waals surface area contributed by atoms with Crippen LogP contribution >= 0.6 is 11.3 Å². The zero-order valence-electron chi connectivity index (χ0n) is 10.8. The van der Waals surface area contributed by atoms with Crippen molar-refractivity contribution in [1.29, 1.82) is 0 Å². The van der Waals surface area contributed by atoms with Crippen molar-refractivity contribution in [1.82, 2.24) is 4.98 Å². The molecule has 1 aromatic heterocycles. The second-order valence-electron chi connectivity index (χ2n) is 4.45. The van der Waals surface area contributed by atoms with E-state index in [1.54, 1.807) is 17.4 Å². The molecular weight excluding hydrogens is 256 g/mol. The van der Waals surface area contributed by atoms with E-state index in [4.69, 9.17) is 0 Å². The summed E-state index contributed by atoms with van der Waals surface area (Å²) in [5.41, 5.74) is 4.00. The van der Waals surface area contributed by atoms with E-state index in [-0.39, 0.29) is 0 Å². The molecule has 0 aliphatic heterocycles. The molecule has 0 saturated carbocycles. The number of fused-ring (bicyclic) bond motifs is 1. The summed E-state index contributed by atoms with van der Waals surface area (Å²) in [6.45, 7) is 1.89. The number of thiazole rings is 1. The Morgan fingerprint density at radius 3 is 2.74 bits per heavy atom. The van der Waals surface area contributed by atoms with Gasteiger partial charge in [0, 0.05) is 18.3 Å². The highest BCUT2D eigenvalue weighted by Gasteiger charge is 2.08. The molecule has 19 heavy (non-hydrogen) atoms. The summed E-state index contributed by atoms with van der Waals surface area (Å²) in [6.07, 6.45) is 0. The van der Waals surface area contributed by atoms with E-state index in [2.05, 4.69) is 16.4 Å².